The first-order valence-electron chi connectivity index (χ1n) is 33.3. The third-order valence-electron chi connectivity index (χ3n) is 18.1. The molecule has 2 aliphatic carbocycles. The molecule has 0 bridgehead atoms. The van der Waals surface area contributed by atoms with Gasteiger partial charge < -0.3 is 0 Å². The summed E-state index contributed by atoms with van der Waals surface area (Å²) >= 11 is 4.72. The predicted octanol–water partition coefficient (Wildman–Crippen LogP) is 16.3. The van der Waals surface area contributed by atoms with E-state index in [1.165, 1.54) is 102 Å². The molecular weight excluding hydrogens is 1460 g/mol. The third-order valence-corrected chi connectivity index (χ3v) is 30.2. The average Bonchev–Trinajstić information content (AvgIpc) is 1.62. The van der Waals surface area contributed by atoms with Crippen molar-refractivity contribution < 1.29 is 18.6 Å². The first kappa shape index (κ1) is 66.3. The molecule has 14 rings (SSSR count). The molecule has 6 aromatic carbocycles. The first-order valence-corrected chi connectivity index (χ1v) is 41.8. The summed E-state index contributed by atoms with van der Waals surface area (Å²) in [5, 5.41) is 0.700. The molecule has 0 N–H and O–H groups in total. The number of hydrogen-bond acceptors (Lipinski definition) is 8. The van der Waals surface area contributed by atoms with Gasteiger partial charge in [0.1, 0.15) is 0 Å². The van der Waals surface area contributed by atoms with Crippen LogP contribution in [0.15, 0.2) is 261 Å². The van der Waals surface area contributed by atoms with Gasteiger partial charge in [0.25, 0.3) is 0 Å². The molecule has 94 heavy (non-hydrogen) atoms. The van der Waals surface area contributed by atoms with E-state index in [0.29, 0.717) is 44.0 Å². The summed E-state index contributed by atoms with van der Waals surface area (Å²) in [6.45, 7) is 27.2. The minimum absolute atomic E-state index is 0.150. The van der Waals surface area contributed by atoms with E-state index in [2.05, 4.69) is 278 Å². The van der Waals surface area contributed by atoms with Gasteiger partial charge in [0.05, 0.1) is 0 Å². The zero-order valence-electron chi connectivity index (χ0n) is 54.9. The first-order chi connectivity index (χ1) is 46.0. The molecule has 2 unspecified atom stereocenters. The van der Waals surface area contributed by atoms with Crippen molar-refractivity contribution in [2.45, 2.75) is 125 Å². The zero-order valence-corrected chi connectivity index (χ0v) is 63.4. The Bertz CT molecular complexity index is 4430. The number of aromatic nitrogens is 2. The summed E-state index contributed by atoms with van der Waals surface area (Å²) in [5.41, 5.74) is 13.1. The van der Waals surface area contributed by atoms with Gasteiger partial charge >= 0.3 is 596 Å². The van der Waals surface area contributed by atoms with Gasteiger partial charge in [-0.05, 0) is 0 Å². The molecule has 8 aromatic rings. The van der Waals surface area contributed by atoms with Crippen LogP contribution in [-0.2, 0) is 22.6 Å². The van der Waals surface area contributed by atoms with Crippen molar-refractivity contribution in [1.29, 1.82) is 0 Å². The molecule has 14 heteroatoms. The molecule has 0 radical (unpaired) electrons. The van der Waals surface area contributed by atoms with Crippen LogP contribution in [0.25, 0.3) is 31.7 Å². The molecule has 0 amide bonds. The topological polar surface area (TPSA) is 39.2 Å². The maximum absolute atomic E-state index is 7.38. The molecule has 8 nitrogen and oxygen atoms in total. The van der Waals surface area contributed by atoms with Crippen LogP contribution in [0.5, 0.6) is 0 Å². The molecule has 2 atom stereocenters. The van der Waals surface area contributed by atoms with E-state index in [4.69, 9.17) is 9.47 Å². The summed E-state index contributed by atoms with van der Waals surface area (Å²) in [5.74, 6) is 2.12. The summed E-state index contributed by atoms with van der Waals surface area (Å²) in [7, 11) is 0. The van der Waals surface area contributed by atoms with Gasteiger partial charge in [0, 0.05) is 0 Å². The van der Waals surface area contributed by atoms with Crippen LogP contribution in [0.4, 0.5) is 22.7 Å². The second-order valence-electron chi connectivity index (χ2n) is 24.0. The van der Waals surface area contributed by atoms with Crippen LogP contribution in [0.2, 0.25) is 0 Å². The Morgan fingerprint density at radius 3 is 1.69 bits per heavy atom. The van der Waals surface area contributed by atoms with Crippen LogP contribution >= 0.6 is 23.5 Å². The molecule has 0 saturated heterocycles. The van der Waals surface area contributed by atoms with Crippen LogP contribution in [0.3, 0.4) is 0 Å². The van der Waals surface area contributed by atoms with Crippen molar-refractivity contribution in [1.82, 2.24) is 0 Å². The molecule has 4 aliphatic heterocycles. The Kier molecular flexibility index (Phi) is 21.1. The number of fused-ring (bicyclic) bond motifs is 6. The number of allylic oxidation sites excluding steroid dienone is 10. The Hall–Kier alpha value is -6.36. The molecule has 480 valence electrons. The van der Waals surface area contributed by atoms with Crippen molar-refractivity contribution >= 4 is 146 Å². The van der Waals surface area contributed by atoms with E-state index in [1.54, 1.807) is 0 Å². The van der Waals surface area contributed by atoms with E-state index in [9.17, 15) is 0 Å². The number of aryl methyl sites for hydroxylation is 2. The van der Waals surface area contributed by atoms with Crippen molar-refractivity contribution in [3.63, 3.8) is 0 Å². The third kappa shape index (κ3) is 13.7. The van der Waals surface area contributed by atoms with Crippen molar-refractivity contribution in [2.24, 2.45) is 0 Å². The number of nitrogens with zero attached hydrogens (tertiary/aromatic N) is 6. The van der Waals surface area contributed by atoms with Crippen LogP contribution in [0, 0.1) is 0 Å². The number of thioether (sulfide) groups is 2. The average molecular weight is 1540 g/mol. The predicted molar refractivity (Wildman–Crippen MR) is 403 cm³/mol. The van der Waals surface area contributed by atoms with Gasteiger partial charge in [-0.2, -0.15) is 0 Å². The minimum atomic E-state index is -0.566. The monoisotopic (exact) mass is 1540 g/mol. The van der Waals surface area contributed by atoms with Crippen LogP contribution in [0.1, 0.15) is 102 Å². The summed E-state index contributed by atoms with van der Waals surface area (Å²) in [6.07, 6.45) is 31.1. The zero-order chi connectivity index (χ0) is 64.8. The van der Waals surface area contributed by atoms with Crippen molar-refractivity contribution in [3.8, 4) is 0 Å². The molecule has 2 aromatic heterocycles. The summed E-state index contributed by atoms with van der Waals surface area (Å²) < 4.78 is 29.4. The van der Waals surface area contributed by atoms with E-state index in [0.717, 1.165) is 102 Å². The van der Waals surface area contributed by atoms with Gasteiger partial charge in [-0.3, -0.25) is 0 Å². The van der Waals surface area contributed by atoms with E-state index < -0.39 is 9.68 Å². The number of ether oxygens (including phenoxy) is 2. The molecule has 0 fully saturated rings. The molecule has 0 saturated carbocycles. The Morgan fingerprint density at radius 2 is 1.06 bits per heavy atom. The van der Waals surface area contributed by atoms with Crippen molar-refractivity contribution in [3.05, 3.63) is 260 Å². The van der Waals surface area contributed by atoms with Crippen molar-refractivity contribution in [2.75, 3.05) is 45.8 Å². The number of anilines is 4. The van der Waals surface area contributed by atoms with E-state index in [1.807, 2.05) is 35.7 Å². The number of para-hydroxylation sites is 6. The summed E-state index contributed by atoms with van der Waals surface area (Å²) in [4.78, 5) is 12.4. The maximum atomic E-state index is 7.38. The standard InChI is InChI=1S/2C40H42N3OSSe2/c1-5-8-28-42-31-18-9-12-21-34(31)45-37(42)26-24-29-16-15-17-30(25-27-38-41(6-2)32-19-10-13-22-35(32)46-38)39(29)44-40(4)43(7-3)33-20-11-14-23-36(33)47-40;1-5-8-28-43-31-18-9-12-21-34(31)45-40(43,4)44-39-29(24-26-37-41(6-2)32-19-10-13-22-35(32)46-37)16-15-17-30(39)25-27-38-42(7-3)33-20-11-14-23-36(33)47-38/h2*5,9-14,18-27H,1,6-8,15-17,28H2,2-4H3/q2*+1. The fourth-order valence-electron chi connectivity index (χ4n) is 13.5. The number of rotatable bonds is 20. The number of hydrogen-bond donors (Lipinski definition) is 0. The molecule has 6 heterocycles. The summed E-state index contributed by atoms with van der Waals surface area (Å²) in [6, 6.07) is 53.0. The second kappa shape index (κ2) is 30.0. The molecule has 6 aliphatic rings. The fourth-order valence-corrected chi connectivity index (χ4v) is 25.7. The number of benzene rings is 6. The Labute approximate surface area is 590 Å². The molecular formula is C80H84N6O2S2Se4+2. The van der Waals surface area contributed by atoms with Crippen LogP contribution in [-0.4, -0.2) is 94.8 Å². The van der Waals surface area contributed by atoms with Gasteiger partial charge in [-0.15, -0.1) is 0 Å². The van der Waals surface area contributed by atoms with Gasteiger partial charge in [-0.1, -0.05) is 0 Å². The second-order valence-corrected chi connectivity index (χ2v) is 36.1. The molecule has 0 spiro atoms. The Balaban J connectivity index is 0.000000171. The van der Waals surface area contributed by atoms with Gasteiger partial charge in [-0.25, -0.2) is 0 Å². The van der Waals surface area contributed by atoms with E-state index >= 15 is 0 Å². The fraction of sp³-hybridized carbons (Fsp3) is 0.275. The Morgan fingerprint density at radius 1 is 0.521 bits per heavy atom. The normalized spacial score (nSPS) is 21.0. The quantitative estimate of drug-likeness (QED) is 0.0425. The van der Waals surface area contributed by atoms with Gasteiger partial charge in [0.15, 0.2) is 0 Å². The van der Waals surface area contributed by atoms with E-state index in [-0.39, 0.29) is 15.0 Å². The van der Waals surface area contributed by atoms with Crippen LogP contribution < -0.4 is 37.7 Å². The van der Waals surface area contributed by atoms with Gasteiger partial charge in [0.2, 0.25) is 0 Å². The SMILES string of the molecule is C=CCCN1/C(=C/C=C2\CCCC(/C=C/c3[se]c4ccccc4[n+]3CC)=C2OC2(C)[Se]c3ccccc3N2CC)Sc2ccccc21.C=CCCN1c2ccccc2SC1(C)OC1=C(/C=C/c2[se]c3ccccc3[n+]2CC)CCC/C1=C\C=C1/[Se]c2ccccc2N1CC.